The van der Waals surface area contributed by atoms with Crippen molar-refractivity contribution in [2.75, 3.05) is 0 Å². The molecule has 2 heterocycles. The Hall–Kier alpha value is -7.24. The largest absolute Gasteiger partial charge is 0.456 e. The minimum atomic E-state index is 0.502. The first kappa shape index (κ1) is 39.5. The summed E-state index contributed by atoms with van der Waals surface area (Å²) in [4.78, 5) is 8.91. The maximum atomic E-state index is 5.93. The van der Waals surface area contributed by atoms with Crippen LogP contribution < -0.4 is 16.4 Å². The molecule has 0 atom stereocenters. The van der Waals surface area contributed by atoms with Crippen LogP contribution in [0.5, 0.6) is 0 Å². The molecule has 2 N–H and O–H groups in total. The van der Waals surface area contributed by atoms with Gasteiger partial charge in [-0.05, 0) is 77.9 Å². The number of aryl methyl sites for hydroxylation is 1. The lowest BCUT2D eigenvalue weighted by Gasteiger charge is -2.14. The predicted molar refractivity (Wildman–Crippen MR) is 244 cm³/mol. The van der Waals surface area contributed by atoms with Gasteiger partial charge < -0.3 is 14.6 Å². The van der Waals surface area contributed by atoms with Crippen molar-refractivity contribution >= 4 is 68.9 Å². The quantitative estimate of drug-likeness (QED) is 0.0553. The topological polar surface area (TPSA) is 77.0 Å². The molecule has 0 spiro atoms. The second kappa shape index (κ2) is 19.4. The van der Waals surface area contributed by atoms with Crippen LogP contribution in [0.25, 0.3) is 56.7 Å². The van der Waals surface area contributed by atoms with Crippen LogP contribution in [0.2, 0.25) is 0 Å². The van der Waals surface area contributed by atoms with E-state index >= 15 is 0 Å². The van der Waals surface area contributed by atoms with Crippen molar-refractivity contribution in [2.24, 2.45) is 15.7 Å². The molecule has 0 saturated heterocycles. The highest BCUT2D eigenvalue weighted by atomic mass is 16.3. The van der Waals surface area contributed by atoms with Gasteiger partial charge in [0.1, 0.15) is 22.2 Å². The molecule has 0 radical (unpaired) electrons. The standard InChI is InChI=1S/C21H17N3O.C20H20.C11H10O/c22-14-24-21(15-7-2-1-3-8-15)23-13-16-9-6-12-19-20(16)17-10-4-5-11-18(17)25-19;1-4-11-20(19-15-10-9-12-16(19)3)18(5-2)17-13-7-6-8-14-17;1-3-10-8(2)9-6-4-5-7-11(9)12-10/h1-12,14H,13H2,(H2,22,23,24);4-10,12-15H,1-2,11H2,3H3;3-7H,2H2,1H3/b;20-18-;10-3+. The Bertz CT molecular complexity index is 2820. The fourth-order valence-electron chi connectivity index (χ4n) is 6.81. The monoisotopic (exact) mass is 745 g/mol. The van der Waals surface area contributed by atoms with E-state index in [2.05, 4.69) is 97.3 Å². The Morgan fingerprint density at radius 1 is 0.667 bits per heavy atom. The molecule has 8 aromatic rings. The average Bonchev–Trinajstić information content (AvgIpc) is 3.81. The van der Waals surface area contributed by atoms with E-state index in [0.29, 0.717) is 12.4 Å². The maximum absolute atomic E-state index is 5.93. The number of fused-ring (bicyclic) bond motifs is 4. The molecule has 6 aromatic carbocycles. The summed E-state index contributed by atoms with van der Waals surface area (Å²) in [7, 11) is 0. The van der Waals surface area contributed by atoms with E-state index < -0.39 is 0 Å². The molecule has 0 aliphatic carbocycles. The van der Waals surface area contributed by atoms with Crippen molar-refractivity contribution < 1.29 is 8.83 Å². The molecule has 5 nitrogen and oxygen atoms in total. The molecule has 0 bridgehead atoms. The van der Waals surface area contributed by atoms with Gasteiger partial charge in [-0.25, -0.2) is 4.99 Å². The Kier molecular flexibility index (Phi) is 13.4. The summed E-state index contributed by atoms with van der Waals surface area (Å²) >= 11 is 0. The predicted octanol–water partition coefficient (Wildman–Crippen LogP) is 11.8. The summed E-state index contributed by atoms with van der Waals surface area (Å²) in [5.41, 5.74) is 17.3. The molecule has 8 rings (SSSR count). The molecular weight excluding hydrogens is 699 g/mol. The first-order valence-electron chi connectivity index (χ1n) is 18.9. The molecule has 282 valence electrons. The zero-order valence-corrected chi connectivity index (χ0v) is 32.6. The average molecular weight is 746 g/mol. The van der Waals surface area contributed by atoms with Crippen LogP contribution in [0.4, 0.5) is 0 Å². The minimum Gasteiger partial charge on any atom is -0.456 e. The van der Waals surface area contributed by atoms with Crippen LogP contribution in [0, 0.1) is 6.92 Å². The van der Waals surface area contributed by atoms with Gasteiger partial charge in [0, 0.05) is 26.9 Å². The van der Waals surface area contributed by atoms with E-state index in [-0.39, 0.29) is 0 Å². The fourth-order valence-corrected chi connectivity index (χ4v) is 6.81. The Morgan fingerprint density at radius 2 is 1.26 bits per heavy atom. The number of nitrogens with zero attached hydrogens (tertiary/aromatic N) is 2. The number of para-hydroxylation sites is 2. The SMILES string of the molecule is C=CC/C(=C(\C=C)c1ccccc1)c1ccccc1C.C=c1/c(=C\C)oc2ccccc12.NC=NC(=NCc1cccc2oc3ccccc3c12)c1ccccc1. The molecule has 0 amide bonds. The van der Waals surface area contributed by atoms with Crippen LogP contribution in [0.15, 0.2) is 196 Å². The van der Waals surface area contributed by atoms with Crippen molar-refractivity contribution in [3.8, 4) is 0 Å². The molecule has 0 aliphatic heterocycles. The van der Waals surface area contributed by atoms with E-state index in [9.17, 15) is 0 Å². The van der Waals surface area contributed by atoms with Gasteiger partial charge in [0.15, 0.2) is 5.84 Å². The van der Waals surface area contributed by atoms with Crippen molar-refractivity contribution in [2.45, 2.75) is 26.8 Å². The van der Waals surface area contributed by atoms with Crippen molar-refractivity contribution in [3.63, 3.8) is 0 Å². The third-order valence-electron chi connectivity index (χ3n) is 9.54. The Morgan fingerprint density at radius 3 is 1.89 bits per heavy atom. The van der Waals surface area contributed by atoms with E-state index in [1.165, 1.54) is 34.2 Å². The minimum absolute atomic E-state index is 0.502. The fraction of sp³-hybridized carbons (Fsp3) is 0.0769. The number of nitrogens with two attached hydrogens (primary N) is 1. The van der Waals surface area contributed by atoms with E-state index in [4.69, 9.17) is 14.6 Å². The Labute approximate surface area is 334 Å². The lowest BCUT2D eigenvalue weighted by molar-refractivity contribution is 0.575. The second-order valence-electron chi connectivity index (χ2n) is 13.2. The maximum Gasteiger partial charge on any atom is 0.156 e. The summed E-state index contributed by atoms with van der Waals surface area (Å²) in [6.45, 7) is 16.5. The Balaban J connectivity index is 0.000000153. The van der Waals surface area contributed by atoms with Gasteiger partial charge >= 0.3 is 0 Å². The van der Waals surface area contributed by atoms with Crippen LogP contribution in [0.3, 0.4) is 0 Å². The van der Waals surface area contributed by atoms with Crippen LogP contribution >= 0.6 is 0 Å². The first-order chi connectivity index (χ1) is 28.0. The summed E-state index contributed by atoms with van der Waals surface area (Å²) in [6, 6.07) is 50.7. The van der Waals surface area contributed by atoms with Crippen molar-refractivity contribution in [1.82, 2.24) is 0 Å². The number of benzene rings is 6. The van der Waals surface area contributed by atoms with Gasteiger partial charge in [-0.15, -0.1) is 6.58 Å². The molecule has 5 heteroatoms. The van der Waals surface area contributed by atoms with Gasteiger partial charge in [-0.2, -0.15) is 0 Å². The third kappa shape index (κ3) is 9.35. The number of hydrogen-bond donors (Lipinski definition) is 1. The van der Waals surface area contributed by atoms with E-state index in [1.807, 2.05) is 116 Å². The lowest BCUT2D eigenvalue weighted by atomic mass is 9.90. The molecule has 0 aliphatic rings. The van der Waals surface area contributed by atoms with Gasteiger partial charge in [0.05, 0.1) is 12.9 Å². The summed E-state index contributed by atoms with van der Waals surface area (Å²) in [6.07, 6.45) is 7.94. The highest BCUT2D eigenvalue weighted by Gasteiger charge is 2.12. The van der Waals surface area contributed by atoms with E-state index in [1.54, 1.807) is 0 Å². The van der Waals surface area contributed by atoms with E-state index in [0.717, 1.165) is 61.1 Å². The second-order valence-corrected chi connectivity index (χ2v) is 13.2. The number of furan rings is 2. The third-order valence-corrected chi connectivity index (χ3v) is 9.54. The normalized spacial score (nSPS) is 12.2. The number of aliphatic imine (C=N–C) groups is 2. The van der Waals surface area contributed by atoms with Crippen molar-refractivity contribution in [3.05, 3.63) is 215 Å². The van der Waals surface area contributed by atoms with Crippen LogP contribution in [-0.2, 0) is 6.54 Å². The van der Waals surface area contributed by atoms with Gasteiger partial charge in [-0.1, -0.05) is 159 Å². The zero-order chi connectivity index (χ0) is 40.0. The zero-order valence-electron chi connectivity index (χ0n) is 32.6. The number of allylic oxidation sites excluding steroid dienone is 4. The molecule has 2 aromatic heterocycles. The number of amidine groups is 1. The van der Waals surface area contributed by atoms with Gasteiger partial charge in [0.2, 0.25) is 0 Å². The number of rotatable bonds is 8. The number of hydrogen-bond acceptors (Lipinski definition) is 3. The summed E-state index contributed by atoms with van der Waals surface area (Å²) < 4.78 is 11.5. The van der Waals surface area contributed by atoms with Crippen LogP contribution in [-0.4, -0.2) is 12.2 Å². The van der Waals surface area contributed by atoms with Gasteiger partial charge in [-0.3, -0.25) is 4.99 Å². The first-order valence-corrected chi connectivity index (χ1v) is 18.9. The molecule has 57 heavy (non-hydrogen) atoms. The molecule has 0 unspecified atom stereocenters. The highest BCUT2D eigenvalue weighted by Crippen LogP contribution is 2.33. The van der Waals surface area contributed by atoms with Crippen LogP contribution in [0.1, 0.15) is 41.2 Å². The summed E-state index contributed by atoms with van der Waals surface area (Å²) in [5, 5.41) is 4.29. The summed E-state index contributed by atoms with van der Waals surface area (Å²) in [5.74, 6) is 0.618. The van der Waals surface area contributed by atoms with Crippen molar-refractivity contribution in [1.29, 1.82) is 0 Å². The highest BCUT2D eigenvalue weighted by molar-refractivity contribution is 6.07. The van der Waals surface area contributed by atoms with Gasteiger partial charge in [0.25, 0.3) is 0 Å². The lowest BCUT2D eigenvalue weighted by Crippen LogP contribution is -2.16. The molecule has 0 saturated carbocycles. The smallest absolute Gasteiger partial charge is 0.156 e. The molecule has 0 fully saturated rings. The molecular formula is C52H47N3O2.